The molecule has 2 saturated heterocycles. The predicted molar refractivity (Wildman–Crippen MR) is 81.3 cm³/mol. The fraction of sp³-hybridized carbons (Fsp3) is 1.00. The van der Waals surface area contributed by atoms with Crippen LogP contribution < -0.4 is 5.32 Å². The maximum Gasteiger partial charge on any atom is 0.0265 e. The normalized spacial score (nSPS) is 36.0. The van der Waals surface area contributed by atoms with Crippen molar-refractivity contribution in [2.45, 2.75) is 44.0 Å². The van der Waals surface area contributed by atoms with Gasteiger partial charge in [-0.25, -0.2) is 0 Å². The summed E-state index contributed by atoms with van der Waals surface area (Å²) in [6.45, 7) is 8.40. The van der Waals surface area contributed by atoms with Gasteiger partial charge in [0.25, 0.3) is 0 Å². The molecule has 2 aliphatic rings. The number of thioether (sulfide) groups is 2. The molecule has 0 aromatic carbocycles. The Morgan fingerprint density at radius 3 is 2.94 bits per heavy atom. The molecular weight excluding hydrogens is 248 g/mol. The van der Waals surface area contributed by atoms with Crippen LogP contribution in [-0.4, -0.2) is 59.1 Å². The molecule has 2 rings (SSSR count). The highest BCUT2D eigenvalue weighted by Crippen LogP contribution is 2.25. The molecule has 0 aromatic rings. The largest absolute Gasteiger partial charge is 0.311 e. The quantitative estimate of drug-likeness (QED) is 0.846. The second-order valence-electron chi connectivity index (χ2n) is 5.26. The monoisotopic (exact) mass is 274 g/mol. The fourth-order valence-corrected chi connectivity index (χ4v) is 5.39. The topological polar surface area (TPSA) is 15.3 Å². The van der Waals surface area contributed by atoms with Crippen molar-refractivity contribution in [2.24, 2.45) is 0 Å². The highest BCUT2D eigenvalue weighted by atomic mass is 32.2. The molecular formula is C13H26N2S2. The lowest BCUT2D eigenvalue weighted by Gasteiger charge is -2.41. The van der Waals surface area contributed by atoms with Crippen LogP contribution in [0.15, 0.2) is 0 Å². The Morgan fingerprint density at radius 2 is 2.24 bits per heavy atom. The zero-order valence-electron chi connectivity index (χ0n) is 11.2. The van der Waals surface area contributed by atoms with Gasteiger partial charge in [0.05, 0.1) is 0 Å². The molecule has 2 fully saturated rings. The Kier molecular flexibility index (Phi) is 6.00. The van der Waals surface area contributed by atoms with Crippen molar-refractivity contribution in [1.29, 1.82) is 0 Å². The van der Waals surface area contributed by atoms with Crippen molar-refractivity contribution in [3.8, 4) is 0 Å². The Balaban J connectivity index is 1.80. The Hall–Kier alpha value is 0.620. The first-order chi connectivity index (χ1) is 8.29. The molecule has 4 heteroatoms. The van der Waals surface area contributed by atoms with Gasteiger partial charge in [0.15, 0.2) is 0 Å². The summed E-state index contributed by atoms with van der Waals surface area (Å²) < 4.78 is 0. The molecule has 1 N–H and O–H groups in total. The summed E-state index contributed by atoms with van der Waals surface area (Å²) in [5.41, 5.74) is 0. The Labute approximate surface area is 115 Å². The molecule has 0 aromatic heterocycles. The van der Waals surface area contributed by atoms with Gasteiger partial charge in [0.2, 0.25) is 0 Å². The van der Waals surface area contributed by atoms with E-state index in [1.165, 1.54) is 49.7 Å². The Bertz CT molecular complexity index is 219. The summed E-state index contributed by atoms with van der Waals surface area (Å²) >= 11 is 4.33. The highest BCUT2D eigenvalue weighted by Gasteiger charge is 2.27. The smallest absolute Gasteiger partial charge is 0.0265 e. The lowest BCUT2D eigenvalue weighted by Crippen LogP contribution is -2.56. The zero-order valence-corrected chi connectivity index (χ0v) is 12.8. The minimum atomic E-state index is 0.718. The molecule has 2 aliphatic heterocycles. The van der Waals surface area contributed by atoms with Crippen LogP contribution in [0.2, 0.25) is 0 Å². The van der Waals surface area contributed by atoms with Gasteiger partial charge in [-0.15, -0.1) is 0 Å². The molecule has 0 amide bonds. The van der Waals surface area contributed by atoms with Gasteiger partial charge >= 0.3 is 0 Å². The molecule has 3 atom stereocenters. The van der Waals surface area contributed by atoms with Crippen LogP contribution in [-0.2, 0) is 0 Å². The summed E-state index contributed by atoms with van der Waals surface area (Å²) in [4.78, 5) is 2.72. The van der Waals surface area contributed by atoms with Crippen molar-refractivity contribution >= 4 is 23.5 Å². The van der Waals surface area contributed by atoms with Gasteiger partial charge in [0, 0.05) is 54.2 Å². The van der Waals surface area contributed by atoms with Crippen LogP contribution in [0.4, 0.5) is 0 Å². The van der Waals surface area contributed by atoms with E-state index in [1.54, 1.807) is 0 Å². The second-order valence-corrected chi connectivity index (χ2v) is 7.82. The first kappa shape index (κ1) is 14.0. The van der Waals surface area contributed by atoms with Crippen LogP contribution in [0, 0.1) is 0 Å². The molecule has 0 aliphatic carbocycles. The van der Waals surface area contributed by atoms with E-state index < -0.39 is 0 Å². The van der Waals surface area contributed by atoms with Crippen molar-refractivity contribution in [3.05, 3.63) is 0 Å². The number of nitrogens with zero attached hydrogens (tertiary/aromatic N) is 1. The highest BCUT2D eigenvalue weighted by molar-refractivity contribution is 8.06. The number of rotatable bonds is 4. The lowest BCUT2D eigenvalue weighted by molar-refractivity contribution is 0.139. The number of piperazine rings is 1. The third kappa shape index (κ3) is 4.34. The van der Waals surface area contributed by atoms with Crippen LogP contribution >= 0.6 is 23.5 Å². The van der Waals surface area contributed by atoms with E-state index in [2.05, 4.69) is 47.6 Å². The fourth-order valence-electron chi connectivity index (χ4n) is 2.69. The van der Waals surface area contributed by atoms with Crippen molar-refractivity contribution in [1.82, 2.24) is 10.2 Å². The van der Waals surface area contributed by atoms with Gasteiger partial charge in [-0.2, -0.15) is 23.5 Å². The van der Waals surface area contributed by atoms with Gasteiger partial charge in [-0.3, -0.25) is 4.90 Å². The standard InChI is InChI=1S/C13H26N2S2/c1-3-4-12-8-15(11(2)7-14-12)9-13-10-16-5-6-17-13/h11-14H,3-10H2,1-2H3. The SMILES string of the molecule is CCCC1CN(CC2CSCCS2)C(C)CN1. The van der Waals surface area contributed by atoms with Gasteiger partial charge in [-0.05, 0) is 13.3 Å². The summed E-state index contributed by atoms with van der Waals surface area (Å²) in [6, 6.07) is 1.45. The zero-order chi connectivity index (χ0) is 12.1. The molecule has 0 radical (unpaired) electrons. The number of hydrogen-bond donors (Lipinski definition) is 1. The van der Waals surface area contributed by atoms with Gasteiger partial charge in [0.1, 0.15) is 0 Å². The van der Waals surface area contributed by atoms with Crippen LogP contribution in [0.3, 0.4) is 0 Å². The summed E-state index contributed by atoms with van der Waals surface area (Å²) in [6.07, 6.45) is 2.63. The van der Waals surface area contributed by atoms with E-state index in [9.17, 15) is 0 Å². The lowest BCUT2D eigenvalue weighted by atomic mass is 10.1. The third-order valence-electron chi connectivity index (χ3n) is 3.74. The van der Waals surface area contributed by atoms with E-state index in [0.29, 0.717) is 0 Å². The van der Waals surface area contributed by atoms with Crippen LogP contribution in [0.5, 0.6) is 0 Å². The minimum Gasteiger partial charge on any atom is -0.311 e. The molecule has 0 spiro atoms. The average molecular weight is 274 g/mol. The van der Waals surface area contributed by atoms with E-state index in [-0.39, 0.29) is 0 Å². The average Bonchev–Trinajstić information content (AvgIpc) is 2.35. The first-order valence-electron chi connectivity index (χ1n) is 6.96. The minimum absolute atomic E-state index is 0.718. The summed E-state index contributed by atoms with van der Waals surface area (Å²) in [5, 5.41) is 4.56. The van der Waals surface area contributed by atoms with Crippen molar-refractivity contribution < 1.29 is 0 Å². The van der Waals surface area contributed by atoms with E-state index in [1.807, 2.05) is 0 Å². The van der Waals surface area contributed by atoms with E-state index in [0.717, 1.165) is 17.3 Å². The van der Waals surface area contributed by atoms with E-state index >= 15 is 0 Å². The predicted octanol–water partition coefficient (Wildman–Crippen LogP) is 2.30. The molecule has 2 heterocycles. The third-order valence-corrected chi connectivity index (χ3v) is 6.57. The second kappa shape index (κ2) is 7.27. The molecule has 2 nitrogen and oxygen atoms in total. The number of hydrogen-bond acceptors (Lipinski definition) is 4. The van der Waals surface area contributed by atoms with Crippen molar-refractivity contribution in [2.75, 3.05) is 36.9 Å². The maximum absolute atomic E-state index is 3.68. The van der Waals surface area contributed by atoms with Crippen LogP contribution in [0.1, 0.15) is 26.7 Å². The Morgan fingerprint density at radius 1 is 1.35 bits per heavy atom. The maximum atomic E-state index is 3.68. The molecule has 3 unspecified atom stereocenters. The van der Waals surface area contributed by atoms with Gasteiger partial charge < -0.3 is 5.32 Å². The molecule has 17 heavy (non-hydrogen) atoms. The molecule has 100 valence electrons. The van der Waals surface area contributed by atoms with Crippen molar-refractivity contribution in [3.63, 3.8) is 0 Å². The molecule has 0 saturated carbocycles. The first-order valence-corrected chi connectivity index (χ1v) is 9.16. The summed E-state index contributed by atoms with van der Waals surface area (Å²) in [7, 11) is 0. The number of nitrogens with one attached hydrogen (secondary N) is 1. The summed E-state index contributed by atoms with van der Waals surface area (Å²) in [5.74, 6) is 4.07. The van der Waals surface area contributed by atoms with E-state index in [4.69, 9.17) is 0 Å². The molecule has 0 bridgehead atoms. The van der Waals surface area contributed by atoms with Gasteiger partial charge in [-0.1, -0.05) is 13.3 Å². The van der Waals surface area contributed by atoms with Crippen LogP contribution in [0.25, 0.3) is 0 Å².